The second-order valence-corrected chi connectivity index (χ2v) is 5.93. The predicted molar refractivity (Wildman–Crippen MR) is 78.1 cm³/mol. The van der Waals surface area contributed by atoms with Crippen LogP contribution in [0, 0.1) is 11.8 Å². The lowest BCUT2D eigenvalue weighted by Crippen LogP contribution is -2.20. The van der Waals surface area contributed by atoms with Crippen molar-refractivity contribution < 1.29 is 4.74 Å². The molecular weight excluding hydrogens is 238 g/mol. The summed E-state index contributed by atoms with van der Waals surface area (Å²) >= 11 is 0. The molecule has 1 aromatic heterocycles. The van der Waals surface area contributed by atoms with E-state index in [1.807, 2.05) is 0 Å². The molecule has 0 bridgehead atoms. The molecule has 0 radical (unpaired) electrons. The molecule has 0 saturated heterocycles. The van der Waals surface area contributed by atoms with Gasteiger partial charge in [0.2, 0.25) is 5.88 Å². The fourth-order valence-corrected chi connectivity index (χ4v) is 1.90. The summed E-state index contributed by atoms with van der Waals surface area (Å²) in [6.07, 6.45) is 4.70. The first-order valence-electron chi connectivity index (χ1n) is 7.15. The number of hydrogen-bond acceptors (Lipinski definition) is 4. The minimum Gasteiger partial charge on any atom is -0.474 e. The van der Waals surface area contributed by atoms with E-state index >= 15 is 0 Å². The Morgan fingerprint density at radius 3 is 2.32 bits per heavy atom. The number of hydrogen-bond donors (Lipinski definition) is 1. The van der Waals surface area contributed by atoms with E-state index in [1.54, 1.807) is 12.4 Å². The van der Waals surface area contributed by atoms with Crippen molar-refractivity contribution in [3.63, 3.8) is 0 Å². The van der Waals surface area contributed by atoms with Gasteiger partial charge in [0.15, 0.2) is 0 Å². The molecule has 0 aromatic carbocycles. The number of nitrogens with zero attached hydrogens (tertiary/aromatic N) is 2. The minimum atomic E-state index is 0.180. The first-order chi connectivity index (χ1) is 8.97. The molecule has 0 amide bonds. The molecule has 108 valence electrons. The van der Waals surface area contributed by atoms with Crippen molar-refractivity contribution in [3.05, 3.63) is 18.1 Å². The highest BCUT2D eigenvalue weighted by atomic mass is 16.5. The van der Waals surface area contributed by atoms with Gasteiger partial charge >= 0.3 is 0 Å². The highest BCUT2D eigenvalue weighted by molar-refractivity contribution is 5.07. The Hall–Kier alpha value is -1.16. The summed E-state index contributed by atoms with van der Waals surface area (Å²) in [4.78, 5) is 8.66. The number of aromatic nitrogens is 2. The SMILES string of the molecule is CC(C)CNCc1cnc(OC(C)CC(C)C)cn1. The molecule has 1 rings (SSSR count). The molecule has 0 fully saturated rings. The van der Waals surface area contributed by atoms with Gasteiger partial charge in [0.1, 0.15) is 0 Å². The van der Waals surface area contributed by atoms with Gasteiger partial charge in [-0.05, 0) is 31.7 Å². The van der Waals surface area contributed by atoms with Crippen LogP contribution in [-0.4, -0.2) is 22.6 Å². The zero-order chi connectivity index (χ0) is 14.3. The monoisotopic (exact) mass is 265 g/mol. The van der Waals surface area contributed by atoms with Gasteiger partial charge in [-0.15, -0.1) is 0 Å². The van der Waals surface area contributed by atoms with E-state index in [0.717, 1.165) is 25.2 Å². The lowest BCUT2D eigenvalue weighted by Gasteiger charge is -2.15. The van der Waals surface area contributed by atoms with Crippen molar-refractivity contribution in [1.82, 2.24) is 15.3 Å². The molecule has 1 N–H and O–H groups in total. The van der Waals surface area contributed by atoms with Crippen LogP contribution in [0.2, 0.25) is 0 Å². The summed E-state index contributed by atoms with van der Waals surface area (Å²) in [5.41, 5.74) is 0.949. The van der Waals surface area contributed by atoms with Crippen molar-refractivity contribution in [2.75, 3.05) is 6.54 Å². The molecule has 0 aliphatic carbocycles. The van der Waals surface area contributed by atoms with Crippen LogP contribution in [0.15, 0.2) is 12.4 Å². The summed E-state index contributed by atoms with van der Waals surface area (Å²) in [5.74, 6) is 1.88. The van der Waals surface area contributed by atoms with Gasteiger partial charge in [-0.3, -0.25) is 4.98 Å². The fraction of sp³-hybridized carbons (Fsp3) is 0.733. The smallest absolute Gasteiger partial charge is 0.232 e. The maximum Gasteiger partial charge on any atom is 0.232 e. The second-order valence-electron chi connectivity index (χ2n) is 5.93. The average molecular weight is 265 g/mol. The molecule has 1 heterocycles. The van der Waals surface area contributed by atoms with Crippen LogP contribution in [0.5, 0.6) is 5.88 Å². The maximum atomic E-state index is 5.73. The quantitative estimate of drug-likeness (QED) is 0.785. The third-order valence-electron chi connectivity index (χ3n) is 2.67. The van der Waals surface area contributed by atoms with Crippen LogP contribution < -0.4 is 10.1 Å². The number of ether oxygens (including phenoxy) is 1. The summed E-state index contributed by atoms with van der Waals surface area (Å²) in [6, 6.07) is 0. The third-order valence-corrected chi connectivity index (χ3v) is 2.67. The molecule has 1 aromatic rings. The number of rotatable bonds is 8. The first-order valence-corrected chi connectivity index (χ1v) is 7.15. The lowest BCUT2D eigenvalue weighted by atomic mass is 10.1. The first kappa shape index (κ1) is 15.9. The van der Waals surface area contributed by atoms with Crippen LogP contribution in [0.1, 0.15) is 46.7 Å². The summed E-state index contributed by atoms with van der Waals surface area (Å²) in [6.45, 7) is 12.6. The highest BCUT2D eigenvalue weighted by Crippen LogP contribution is 2.12. The van der Waals surface area contributed by atoms with Crippen LogP contribution >= 0.6 is 0 Å². The van der Waals surface area contributed by atoms with E-state index in [0.29, 0.717) is 17.7 Å². The largest absolute Gasteiger partial charge is 0.474 e. The lowest BCUT2D eigenvalue weighted by molar-refractivity contribution is 0.184. The summed E-state index contributed by atoms with van der Waals surface area (Å²) in [7, 11) is 0. The van der Waals surface area contributed by atoms with E-state index in [-0.39, 0.29) is 6.10 Å². The molecule has 0 aliphatic rings. The Bertz CT molecular complexity index is 349. The predicted octanol–water partition coefficient (Wildman–Crippen LogP) is 3.04. The Balaban J connectivity index is 2.38. The highest BCUT2D eigenvalue weighted by Gasteiger charge is 2.08. The summed E-state index contributed by atoms with van der Waals surface area (Å²) < 4.78 is 5.73. The van der Waals surface area contributed by atoms with Gasteiger partial charge in [-0.1, -0.05) is 27.7 Å². The summed E-state index contributed by atoms with van der Waals surface area (Å²) in [5, 5.41) is 3.34. The van der Waals surface area contributed by atoms with E-state index in [4.69, 9.17) is 4.74 Å². The van der Waals surface area contributed by atoms with Gasteiger partial charge < -0.3 is 10.1 Å². The molecule has 19 heavy (non-hydrogen) atoms. The maximum absolute atomic E-state index is 5.73. The Kier molecular flexibility index (Phi) is 6.78. The Labute approximate surface area is 117 Å². The van der Waals surface area contributed by atoms with Crippen molar-refractivity contribution in [2.24, 2.45) is 11.8 Å². The zero-order valence-electron chi connectivity index (χ0n) is 12.8. The molecule has 0 aliphatic heterocycles. The average Bonchev–Trinajstić information content (AvgIpc) is 2.29. The standard InChI is InChI=1S/C15H27N3O/c1-11(2)6-13(5)19-15-10-17-14(9-18-15)8-16-7-12(3)4/h9-13,16H,6-8H2,1-5H3. The van der Waals surface area contributed by atoms with Gasteiger partial charge in [0, 0.05) is 6.54 Å². The van der Waals surface area contributed by atoms with E-state index in [2.05, 4.69) is 49.9 Å². The van der Waals surface area contributed by atoms with Gasteiger partial charge in [-0.2, -0.15) is 0 Å². The molecule has 1 unspecified atom stereocenters. The number of nitrogens with one attached hydrogen (secondary N) is 1. The third kappa shape index (κ3) is 7.11. The van der Waals surface area contributed by atoms with Crippen molar-refractivity contribution in [2.45, 2.75) is 53.7 Å². The molecule has 4 nitrogen and oxygen atoms in total. The fourth-order valence-electron chi connectivity index (χ4n) is 1.90. The minimum absolute atomic E-state index is 0.180. The van der Waals surface area contributed by atoms with Gasteiger partial charge in [0.05, 0.1) is 24.2 Å². The van der Waals surface area contributed by atoms with E-state index in [1.165, 1.54) is 0 Å². The van der Waals surface area contributed by atoms with Crippen LogP contribution in [0.4, 0.5) is 0 Å². The van der Waals surface area contributed by atoms with Gasteiger partial charge in [-0.25, -0.2) is 4.98 Å². The van der Waals surface area contributed by atoms with Crippen LogP contribution in [0.25, 0.3) is 0 Å². The van der Waals surface area contributed by atoms with Crippen LogP contribution in [-0.2, 0) is 6.54 Å². The molecular formula is C15H27N3O. The molecule has 0 saturated carbocycles. The normalized spacial score (nSPS) is 13.0. The van der Waals surface area contributed by atoms with Crippen molar-refractivity contribution in [1.29, 1.82) is 0 Å². The zero-order valence-corrected chi connectivity index (χ0v) is 12.8. The Morgan fingerprint density at radius 2 is 1.79 bits per heavy atom. The van der Waals surface area contributed by atoms with Crippen molar-refractivity contribution >= 4 is 0 Å². The molecule has 1 atom stereocenters. The van der Waals surface area contributed by atoms with E-state index in [9.17, 15) is 0 Å². The van der Waals surface area contributed by atoms with E-state index < -0.39 is 0 Å². The molecule has 0 spiro atoms. The van der Waals surface area contributed by atoms with Crippen LogP contribution in [0.3, 0.4) is 0 Å². The molecule has 4 heteroatoms. The second kappa shape index (κ2) is 8.10. The Morgan fingerprint density at radius 1 is 1.05 bits per heavy atom. The van der Waals surface area contributed by atoms with Crippen molar-refractivity contribution in [3.8, 4) is 5.88 Å². The topological polar surface area (TPSA) is 47.0 Å². The van der Waals surface area contributed by atoms with Gasteiger partial charge in [0.25, 0.3) is 0 Å².